The molecule has 2 fully saturated rings. The zero-order valence-corrected chi connectivity index (χ0v) is 9.13. The zero-order valence-electron chi connectivity index (χ0n) is 9.13. The number of aliphatic carboxylic acids is 1. The predicted octanol–water partition coefficient (Wildman–Crippen LogP) is -0.996. The maximum absolute atomic E-state index is 11.4. The molecule has 0 aromatic heterocycles. The number of carbonyl (C=O) groups is 3. The van der Waals surface area contributed by atoms with Crippen LogP contribution in [0.3, 0.4) is 0 Å². The van der Waals surface area contributed by atoms with E-state index in [2.05, 4.69) is 0 Å². The van der Waals surface area contributed by atoms with Crippen LogP contribution in [-0.2, 0) is 23.9 Å². The fourth-order valence-electron chi connectivity index (χ4n) is 1.95. The van der Waals surface area contributed by atoms with Gasteiger partial charge in [-0.2, -0.15) is 0 Å². The van der Waals surface area contributed by atoms with Gasteiger partial charge in [0.15, 0.2) is 6.10 Å². The molecule has 7 heteroatoms. The van der Waals surface area contributed by atoms with Crippen LogP contribution in [0.4, 0.5) is 0 Å². The fraction of sp³-hybridized carbons (Fsp3) is 0.700. The van der Waals surface area contributed by atoms with Crippen molar-refractivity contribution in [2.75, 3.05) is 19.8 Å². The number of carbonyl (C=O) groups excluding carboxylic acids is 2. The summed E-state index contributed by atoms with van der Waals surface area (Å²) >= 11 is 0. The van der Waals surface area contributed by atoms with Gasteiger partial charge in [0.05, 0.1) is 12.6 Å². The number of carboxylic acid groups (broad SMARTS) is 1. The maximum atomic E-state index is 11.4. The van der Waals surface area contributed by atoms with Crippen molar-refractivity contribution in [1.82, 2.24) is 4.90 Å². The van der Waals surface area contributed by atoms with Crippen LogP contribution in [0.2, 0.25) is 0 Å². The van der Waals surface area contributed by atoms with Gasteiger partial charge in [-0.05, 0) is 12.8 Å². The van der Waals surface area contributed by atoms with E-state index in [4.69, 9.17) is 14.6 Å². The third-order valence-corrected chi connectivity index (χ3v) is 2.82. The monoisotopic (exact) mass is 243 g/mol. The first-order chi connectivity index (χ1) is 8.08. The fourth-order valence-corrected chi connectivity index (χ4v) is 1.95. The Morgan fingerprint density at radius 3 is 2.47 bits per heavy atom. The van der Waals surface area contributed by atoms with E-state index < -0.39 is 23.9 Å². The molecule has 94 valence electrons. The minimum atomic E-state index is -1.01. The number of rotatable bonds is 3. The van der Waals surface area contributed by atoms with Crippen LogP contribution in [-0.4, -0.2) is 59.8 Å². The van der Waals surface area contributed by atoms with Crippen molar-refractivity contribution in [2.45, 2.75) is 25.0 Å². The molecule has 2 unspecified atom stereocenters. The molecule has 1 N–H and O–H groups in total. The topological polar surface area (TPSA) is 93.1 Å². The van der Waals surface area contributed by atoms with Crippen molar-refractivity contribution in [3.8, 4) is 0 Å². The summed E-state index contributed by atoms with van der Waals surface area (Å²) in [7, 11) is 0. The normalized spacial score (nSPS) is 29.8. The average molecular weight is 243 g/mol. The lowest BCUT2D eigenvalue weighted by molar-refractivity contribution is -0.161. The molecule has 2 amide bonds. The number of imide groups is 1. The summed E-state index contributed by atoms with van der Waals surface area (Å²) in [6, 6.07) is 0. The number of carboxylic acids is 1. The molecular weight excluding hydrogens is 230 g/mol. The molecule has 0 spiro atoms. The molecule has 2 aliphatic heterocycles. The highest BCUT2D eigenvalue weighted by atomic mass is 16.5. The van der Waals surface area contributed by atoms with E-state index >= 15 is 0 Å². The minimum Gasteiger partial charge on any atom is -0.479 e. The lowest BCUT2D eigenvalue weighted by Gasteiger charge is -2.27. The Hall–Kier alpha value is -1.47. The van der Waals surface area contributed by atoms with E-state index in [1.54, 1.807) is 0 Å². The molecule has 17 heavy (non-hydrogen) atoms. The molecule has 7 nitrogen and oxygen atoms in total. The number of ether oxygens (including phenoxy) is 2. The molecule has 0 bridgehead atoms. The van der Waals surface area contributed by atoms with Gasteiger partial charge < -0.3 is 14.6 Å². The van der Waals surface area contributed by atoms with Crippen LogP contribution in [0.1, 0.15) is 12.8 Å². The second kappa shape index (κ2) is 4.80. The maximum Gasteiger partial charge on any atom is 0.332 e. The van der Waals surface area contributed by atoms with Gasteiger partial charge >= 0.3 is 5.97 Å². The number of hydrogen-bond acceptors (Lipinski definition) is 5. The summed E-state index contributed by atoms with van der Waals surface area (Å²) in [5.41, 5.74) is 0. The van der Waals surface area contributed by atoms with E-state index in [1.807, 2.05) is 0 Å². The summed E-state index contributed by atoms with van der Waals surface area (Å²) in [6.45, 7) is -0.105. The predicted molar refractivity (Wildman–Crippen MR) is 53.1 cm³/mol. The summed E-state index contributed by atoms with van der Waals surface area (Å²) in [4.78, 5) is 34.6. The Morgan fingerprint density at radius 1 is 1.29 bits per heavy atom. The largest absolute Gasteiger partial charge is 0.479 e. The van der Waals surface area contributed by atoms with Crippen molar-refractivity contribution in [2.24, 2.45) is 0 Å². The van der Waals surface area contributed by atoms with E-state index in [0.29, 0.717) is 12.8 Å². The van der Waals surface area contributed by atoms with Crippen molar-refractivity contribution in [3.05, 3.63) is 0 Å². The summed E-state index contributed by atoms with van der Waals surface area (Å²) in [5, 5.41) is 8.75. The molecule has 0 aromatic rings. The molecule has 0 aromatic carbocycles. The Bertz CT molecular complexity index is 339. The first-order valence-corrected chi connectivity index (χ1v) is 5.37. The molecule has 2 atom stereocenters. The highest BCUT2D eigenvalue weighted by molar-refractivity contribution is 5.98. The Balaban J connectivity index is 1.91. The van der Waals surface area contributed by atoms with Gasteiger partial charge in [-0.1, -0.05) is 0 Å². The molecular formula is C10H13NO6. The van der Waals surface area contributed by atoms with Crippen LogP contribution in [0, 0.1) is 0 Å². The smallest absolute Gasteiger partial charge is 0.332 e. The highest BCUT2D eigenvalue weighted by Crippen LogP contribution is 2.21. The Kier molecular flexibility index (Phi) is 3.39. The van der Waals surface area contributed by atoms with Crippen LogP contribution < -0.4 is 0 Å². The molecule has 0 radical (unpaired) electrons. The summed E-state index contributed by atoms with van der Waals surface area (Å²) < 4.78 is 10.0. The standard InChI is InChI=1S/C10H13NO6/c12-8-4-16-5-9(13)11(8)3-6-1-2-7(17-6)10(14)15/h6-7H,1-5H2,(H,14,15). The summed E-state index contributed by atoms with van der Waals surface area (Å²) in [5.74, 6) is -1.81. The Labute approximate surface area is 97.3 Å². The lowest BCUT2D eigenvalue weighted by Crippen LogP contribution is -2.49. The van der Waals surface area contributed by atoms with Gasteiger partial charge in [0.25, 0.3) is 11.8 Å². The van der Waals surface area contributed by atoms with Crippen molar-refractivity contribution in [1.29, 1.82) is 0 Å². The van der Waals surface area contributed by atoms with E-state index in [0.717, 1.165) is 4.90 Å². The van der Waals surface area contributed by atoms with Gasteiger partial charge in [0.2, 0.25) is 0 Å². The second-order valence-corrected chi connectivity index (χ2v) is 4.05. The van der Waals surface area contributed by atoms with Crippen LogP contribution >= 0.6 is 0 Å². The molecule has 2 heterocycles. The van der Waals surface area contributed by atoms with Crippen molar-refractivity contribution >= 4 is 17.8 Å². The van der Waals surface area contributed by atoms with Gasteiger partial charge in [0.1, 0.15) is 13.2 Å². The van der Waals surface area contributed by atoms with Gasteiger partial charge in [-0.3, -0.25) is 14.5 Å². The number of morpholine rings is 1. The van der Waals surface area contributed by atoms with Gasteiger partial charge in [-0.25, -0.2) is 4.79 Å². The first-order valence-electron chi connectivity index (χ1n) is 5.37. The Morgan fingerprint density at radius 2 is 1.94 bits per heavy atom. The zero-order chi connectivity index (χ0) is 12.4. The SMILES string of the molecule is O=C(O)C1CCC(CN2C(=O)COCC2=O)O1. The highest BCUT2D eigenvalue weighted by Gasteiger charge is 2.35. The number of amides is 2. The van der Waals surface area contributed by atoms with Gasteiger partial charge in [0, 0.05) is 0 Å². The van der Waals surface area contributed by atoms with Crippen LogP contribution in [0.25, 0.3) is 0 Å². The van der Waals surface area contributed by atoms with E-state index in [9.17, 15) is 14.4 Å². The molecule has 2 aliphatic rings. The lowest BCUT2D eigenvalue weighted by atomic mass is 10.2. The average Bonchev–Trinajstić information content (AvgIpc) is 2.72. The molecule has 2 saturated heterocycles. The van der Waals surface area contributed by atoms with Crippen LogP contribution in [0.5, 0.6) is 0 Å². The third kappa shape index (κ3) is 2.62. The first kappa shape index (κ1) is 12.0. The quantitative estimate of drug-likeness (QED) is 0.639. The van der Waals surface area contributed by atoms with Crippen LogP contribution in [0.15, 0.2) is 0 Å². The summed E-state index contributed by atoms with van der Waals surface area (Å²) in [6.07, 6.45) is -0.268. The number of hydrogen-bond donors (Lipinski definition) is 1. The minimum absolute atomic E-state index is 0.110. The number of nitrogens with zero attached hydrogens (tertiary/aromatic N) is 1. The molecule has 2 rings (SSSR count). The van der Waals surface area contributed by atoms with E-state index in [1.165, 1.54) is 0 Å². The van der Waals surface area contributed by atoms with Crippen molar-refractivity contribution < 1.29 is 29.0 Å². The molecule has 0 saturated carbocycles. The third-order valence-electron chi connectivity index (χ3n) is 2.82. The molecule has 0 aliphatic carbocycles. The van der Waals surface area contributed by atoms with Gasteiger partial charge in [-0.15, -0.1) is 0 Å². The van der Waals surface area contributed by atoms with E-state index in [-0.39, 0.29) is 25.9 Å². The van der Waals surface area contributed by atoms with Crippen molar-refractivity contribution in [3.63, 3.8) is 0 Å². The second-order valence-electron chi connectivity index (χ2n) is 4.05.